The fourth-order valence-electron chi connectivity index (χ4n) is 1.56. The maximum absolute atomic E-state index is 11.6. The van der Waals surface area contributed by atoms with E-state index in [4.69, 9.17) is 28.0 Å². The maximum atomic E-state index is 11.6. The van der Waals surface area contributed by atoms with Gasteiger partial charge in [0.1, 0.15) is 5.78 Å². The van der Waals surface area contributed by atoms with Crippen molar-refractivity contribution in [1.82, 2.24) is 5.48 Å². The molecule has 0 heterocycles. The summed E-state index contributed by atoms with van der Waals surface area (Å²) >= 11 is 11.6. The predicted molar refractivity (Wildman–Crippen MR) is 79.1 cm³/mol. The van der Waals surface area contributed by atoms with Crippen molar-refractivity contribution in [1.29, 1.82) is 0 Å². The fourth-order valence-corrected chi connectivity index (χ4v) is 1.86. The lowest BCUT2D eigenvalue weighted by atomic mass is 10.00. The Hall–Kier alpha value is -1.30. The molecule has 0 aliphatic heterocycles. The normalized spacial score (nSPS) is 11.1. The van der Waals surface area contributed by atoms with Gasteiger partial charge in [0.05, 0.1) is 15.6 Å². The summed E-state index contributed by atoms with van der Waals surface area (Å²) in [5, 5.41) is 3.21. The standard InChI is InChI=1S/C13H16Cl2N2O3/c1-8(18)7-13(2,3)17-20-12(19)16-9-4-5-10(14)11(15)6-9/h4-6,17H,7H2,1-3H3,(H,16,19). The number of Topliss-reactive ketones (excluding diaryl/α,β-unsaturated/α-hetero) is 1. The van der Waals surface area contributed by atoms with E-state index in [2.05, 4.69) is 10.8 Å². The third-order valence-electron chi connectivity index (χ3n) is 2.28. The second-order valence-electron chi connectivity index (χ2n) is 5.01. The zero-order valence-corrected chi connectivity index (χ0v) is 12.9. The highest BCUT2D eigenvalue weighted by molar-refractivity contribution is 6.42. The van der Waals surface area contributed by atoms with Crippen LogP contribution < -0.4 is 10.8 Å². The SMILES string of the molecule is CC(=O)CC(C)(C)NOC(=O)Nc1ccc(Cl)c(Cl)c1. The van der Waals surface area contributed by atoms with Gasteiger partial charge < -0.3 is 4.84 Å². The highest BCUT2D eigenvalue weighted by Gasteiger charge is 2.21. The summed E-state index contributed by atoms with van der Waals surface area (Å²) in [5.41, 5.74) is 2.36. The van der Waals surface area contributed by atoms with Crippen LogP contribution in [0.3, 0.4) is 0 Å². The molecule has 0 radical (unpaired) electrons. The number of benzene rings is 1. The Labute approximate surface area is 127 Å². The molecule has 0 unspecified atom stereocenters. The lowest BCUT2D eigenvalue weighted by molar-refractivity contribution is -0.119. The van der Waals surface area contributed by atoms with E-state index in [1.54, 1.807) is 26.0 Å². The molecule has 5 nitrogen and oxygen atoms in total. The average molecular weight is 319 g/mol. The largest absolute Gasteiger partial charge is 0.430 e. The highest BCUT2D eigenvalue weighted by Crippen LogP contribution is 2.25. The minimum atomic E-state index is -0.708. The van der Waals surface area contributed by atoms with E-state index < -0.39 is 11.6 Å². The number of halogens is 2. The predicted octanol–water partition coefficient (Wildman–Crippen LogP) is 3.80. The number of hydrogen-bond acceptors (Lipinski definition) is 4. The van der Waals surface area contributed by atoms with Gasteiger partial charge in [-0.05, 0) is 39.0 Å². The Bertz CT molecular complexity index is 518. The second-order valence-corrected chi connectivity index (χ2v) is 5.82. The van der Waals surface area contributed by atoms with Crippen molar-refractivity contribution in [2.75, 3.05) is 5.32 Å². The van der Waals surface area contributed by atoms with Crippen molar-refractivity contribution < 1.29 is 14.4 Å². The molecule has 20 heavy (non-hydrogen) atoms. The molecule has 1 aromatic carbocycles. The summed E-state index contributed by atoms with van der Waals surface area (Å²) in [7, 11) is 0. The van der Waals surface area contributed by atoms with Crippen LogP contribution in [0.25, 0.3) is 0 Å². The first kappa shape index (κ1) is 16.8. The van der Waals surface area contributed by atoms with Gasteiger partial charge in [-0.2, -0.15) is 0 Å². The molecule has 0 aliphatic carbocycles. The first-order valence-corrected chi connectivity index (χ1v) is 6.65. The summed E-state index contributed by atoms with van der Waals surface area (Å²) in [6.45, 7) is 4.97. The van der Waals surface area contributed by atoms with Crippen molar-refractivity contribution in [2.45, 2.75) is 32.7 Å². The number of ketones is 1. The summed E-state index contributed by atoms with van der Waals surface area (Å²) in [6.07, 6.45) is -0.465. The smallest absolute Gasteiger partial charge is 0.353 e. The lowest BCUT2D eigenvalue weighted by Crippen LogP contribution is -2.42. The molecule has 0 fully saturated rings. The molecule has 7 heteroatoms. The van der Waals surface area contributed by atoms with Gasteiger partial charge in [-0.15, -0.1) is 5.48 Å². The van der Waals surface area contributed by atoms with Crippen molar-refractivity contribution >= 4 is 40.8 Å². The fraction of sp³-hybridized carbons (Fsp3) is 0.385. The van der Waals surface area contributed by atoms with Gasteiger partial charge in [-0.1, -0.05) is 23.2 Å². The van der Waals surface area contributed by atoms with E-state index in [0.717, 1.165) is 0 Å². The molecule has 0 bridgehead atoms. The van der Waals surface area contributed by atoms with Crippen LogP contribution in [0.1, 0.15) is 27.2 Å². The minimum Gasteiger partial charge on any atom is -0.353 e. The number of anilines is 1. The van der Waals surface area contributed by atoms with E-state index in [1.165, 1.54) is 13.0 Å². The zero-order valence-electron chi connectivity index (χ0n) is 11.4. The van der Waals surface area contributed by atoms with Gasteiger partial charge >= 0.3 is 6.09 Å². The topological polar surface area (TPSA) is 67.4 Å². The van der Waals surface area contributed by atoms with Crippen LogP contribution in [0.2, 0.25) is 10.0 Å². The number of hydroxylamine groups is 1. The molecule has 0 saturated carbocycles. The van der Waals surface area contributed by atoms with Crippen LogP contribution in [0.15, 0.2) is 18.2 Å². The van der Waals surface area contributed by atoms with E-state index >= 15 is 0 Å². The van der Waals surface area contributed by atoms with E-state index in [9.17, 15) is 9.59 Å². The summed E-state index contributed by atoms with van der Waals surface area (Å²) < 4.78 is 0. The highest BCUT2D eigenvalue weighted by atomic mass is 35.5. The van der Waals surface area contributed by atoms with Crippen molar-refractivity contribution in [3.05, 3.63) is 28.2 Å². The number of rotatable bonds is 5. The molecule has 1 amide bonds. The molecule has 110 valence electrons. The van der Waals surface area contributed by atoms with Crippen molar-refractivity contribution in [3.8, 4) is 0 Å². The molecule has 1 rings (SSSR count). The van der Waals surface area contributed by atoms with E-state index in [1.807, 2.05) is 0 Å². The Kier molecular flexibility index (Phi) is 5.80. The van der Waals surface area contributed by atoms with Crippen LogP contribution in [-0.4, -0.2) is 17.4 Å². The molecule has 1 aromatic rings. The summed E-state index contributed by atoms with van der Waals surface area (Å²) in [5.74, 6) is -0.00371. The molecular formula is C13H16Cl2N2O3. The van der Waals surface area contributed by atoms with Gasteiger partial charge in [0.15, 0.2) is 0 Å². The molecule has 0 aromatic heterocycles. The van der Waals surface area contributed by atoms with Crippen molar-refractivity contribution in [2.24, 2.45) is 0 Å². The number of amides is 1. The zero-order chi connectivity index (χ0) is 15.3. The quantitative estimate of drug-likeness (QED) is 0.810. The van der Waals surface area contributed by atoms with Gasteiger partial charge in [0, 0.05) is 12.1 Å². The van der Waals surface area contributed by atoms with Gasteiger partial charge in [0.2, 0.25) is 0 Å². The molecular weight excluding hydrogens is 303 g/mol. The Morgan fingerprint density at radius 2 is 1.90 bits per heavy atom. The number of carbonyl (C=O) groups is 2. The van der Waals surface area contributed by atoms with Crippen LogP contribution >= 0.6 is 23.2 Å². The summed E-state index contributed by atoms with van der Waals surface area (Å²) in [4.78, 5) is 27.5. The number of hydrogen-bond donors (Lipinski definition) is 2. The van der Waals surface area contributed by atoms with Gasteiger partial charge in [-0.25, -0.2) is 4.79 Å². The molecule has 0 spiro atoms. The van der Waals surface area contributed by atoms with Crippen molar-refractivity contribution in [3.63, 3.8) is 0 Å². The van der Waals surface area contributed by atoms with E-state index in [0.29, 0.717) is 15.7 Å². The number of carbonyl (C=O) groups excluding carboxylic acids is 2. The van der Waals surface area contributed by atoms with Crippen LogP contribution in [0, 0.1) is 0 Å². The minimum absolute atomic E-state index is 0.00371. The summed E-state index contributed by atoms with van der Waals surface area (Å²) in [6, 6.07) is 4.66. The van der Waals surface area contributed by atoms with Crippen LogP contribution in [0.5, 0.6) is 0 Å². The van der Waals surface area contributed by atoms with Gasteiger partial charge in [-0.3, -0.25) is 10.1 Å². The average Bonchev–Trinajstić information content (AvgIpc) is 2.30. The Morgan fingerprint density at radius 3 is 2.45 bits per heavy atom. The monoisotopic (exact) mass is 318 g/mol. The molecule has 0 aliphatic rings. The number of nitrogens with one attached hydrogen (secondary N) is 2. The van der Waals surface area contributed by atoms with Crippen LogP contribution in [0.4, 0.5) is 10.5 Å². The molecule has 0 saturated heterocycles. The Balaban J connectivity index is 2.51. The van der Waals surface area contributed by atoms with Gasteiger partial charge in [0.25, 0.3) is 0 Å². The second kappa shape index (κ2) is 6.92. The molecule has 2 N–H and O–H groups in total. The molecule has 0 atom stereocenters. The third kappa shape index (κ3) is 5.77. The maximum Gasteiger partial charge on any atom is 0.430 e. The Morgan fingerprint density at radius 1 is 1.25 bits per heavy atom. The van der Waals surface area contributed by atoms with E-state index in [-0.39, 0.29) is 12.2 Å². The first-order valence-electron chi connectivity index (χ1n) is 5.89. The third-order valence-corrected chi connectivity index (χ3v) is 3.02. The lowest BCUT2D eigenvalue weighted by Gasteiger charge is -2.23. The first-order chi connectivity index (χ1) is 9.19. The van der Waals surface area contributed by atoms with Crippen LogP contribution in [-0.2, 0) is 9.63 Å².